The highest BCUT2D eigenvalue weighted by atomic mass is 79.9. The third-order valence-electron chi connectivity index (χ3n) is 4.27. The Bertz CT molecular complexity index is 772. The second-order valence-electron chi connectivity index (χ2n) is 5.97. The number of halogens is 2. The van der Waals surface area contributed by atoms with Gasteiger partial charge in [0.1, 0.15) is 11.6 Å². The van der Waals surface area contributed by atoms with Crippen molar-refractivity contribution >= 4 is 38.6 Å². The van der Waals surface area contributed by atoms with Crippen molar-refractivity contribution in [2.24, 2.45) is 4.99 Å². The van der Waals surface area contributed by atoms with Gasteiger partial charge in [-0.1, -0.05) is 13.0 Å². The number of aromatic nitrogens is 2. The van der Waals surface area contributed by atoms with Crippen molar-refractivity contribution < 1.29 is 4.39 Å². The zero-order valence-electron chi connectivity index (χ0n) is 14.9. The van der Waals surface area contributed by atoms with Crippen molar-refractivity contribution in [3.63, 3.8) is 0 Å². The number of piperazine rings is 1. The van der Waals surface area contributed by atoms with E-state index in [0.29, 0.717) is 11.0 Å². The summed E-state index contributed by atoms with van der Waals surface area (Å²) in [5.41, 5.74) is 0.881. The first kappa shape index (κ1) is 19.0. The van der Waals surface area contributed by atoms with E-state index in [9.17, 15) is 4.39 Å². The van der Waals surface area contributed by atoms with Crippen LogP contribution in [0.15, 0.2) is 27.7 Å². The normalized spacial score (nSPS) is 15.5. The van der Waals surface area contributed by atoms with E-state index in [0.717, 1.165) is 55.1 Å². The van der Waals surface area contributed by atoms with Crippen LogP contribution in [0.2, 0.25) is 0 Å². The molecule has 0 atom stereocenters. The molecule has 26 heavy (non-hydrogen) atoms. The molecule has 0 unspecified atom stereocenters. The number of rotatable bonds is 4. The Morgan fingerprint density at radius 2 is 2.12 bits per heavy atom. The first-order chi connectivity index (χ1) is 12.6. The summed E-state index contributed by atoms with van der Waals surface area (Å²) < 4.78 is 18.5. The van der Waals surface area contributed by atoms with Gasteiger partial charge in [-0.05, 0) is 33.6 Å². The van der Waals surface area contributed by atoms with Crippen LogP contribution >= 0.6 is 27.5 Å². The smallest absolute Gasteiger partial charge is 0.205 e. The van der Waals surface area contributed by atoms with Gasteiger partial charge in [0.15, 0.2) is 5.96 Å². The van der Waals surface area contributed by atoms with Crippen molar-refractivity contribution in [1.29, 1.82) is 0 Å². The van der Waals surface area contributed by atoms with Gasteiger partial charge in [0.05, 0.1) is 4.47 Å². The average Bonchev–Trinajstić information content (AvgIpc) is 3.15. The standard InChI is InChI=1S/C17H22BrFN6S/c1-3-15-22-17(26-23-15)25-8-6-24(7-9-25)16(20-2)21-11-12-4-5-13(18)14(19)10-12/h4-5,10H,3,6-9,11H2,1-2H3,(H,20,21). The molecule has 6 nitrogen and oxygen atoms in total. The molecule has 1 N–H and O–H groups in total. The third kappa shape index (κ3) is 4.50. The SMILES string of the molecule is CCc1nsc(N2CCN(C(=NC)NCc3ccc(Br)c(F)c3)CC2)n1. The maximum Gasteiger partial charge on any atom is 0.205 e. The van der Waals surface area contributed by atoms with Crippen LogP contribution in [0.25, 0.3) is 0 Å². The molecule has 1 fully saturated rings. The number of aryl methyl sites for hydroxylation is 1. The van der Waals surface area contributed by atoms with Gasteiger partial charge >= 0.3 is 0 Å². The van der Waals surface area contributed by atoms with Crippen LogP contribution in [-0.2, 0) is 13.0 Å². The highest BCUT2D eigenvalue weighted by Gasteiger charge is 2.22. The van der Waals surface area contributed by atoms with E-state index in [1.165, 1.54) is 17.6 Å². The van der Waals surface area contributed by atoms with Crippen LogP contribution in [0.1, 0.15) is 18.3 Å². The van der Waals surface area contributed by atoms with Crippen molar-refractivity contribution in [3.8, 4) is 0 Å². The highest BCUT2D eigenvalue weighted by molar-refractivity contribution is 9.10. The topological polar surface area (TPSA) is 56.7 Å². The molecule has 1 aliphatic heterocycles. The molecule has 0 bridgehead atoms. The predicted octanol–water partition coefficient (Wildman–Crippen LogP) is 2.90. The molecule has 0 amide bonds. The highest BCUT2D eigenvalue weighted by Crippen LogP contribution is 2.19. The average molecular weight is 441 g/mol. The Hall–Kier alpha value is -1.74. The molecule has 9 heteroatoms. The zero-order chi connectivity index (χ0) is 18.5. The fourth-order valence-corrected chi connectivity index (χ4v) is 3.84. The lowest BCUT2D eigenvalue weighted by Gasteiger charge is -2.36. The van der Waals surface area contributed by atoms with Crippen LogP contribution < -0.4 is 10.2 Å². The Labute approximate surface area is 165 Å². The lowest BCUT2D eigenvalue weighted by Crippen LogP contribution is -2.52. The van der Waals surface area contributed by atoms with E-state index < -0.39 is 0 Å². The summed E-state index contributed by atoms with van der Waals surface area (Å²) in [5.74, 6) is 1.49. The fraction of sp³-hybridized carbons (Fsp3) is 0.471. The fourth-order valence-electron chi connectivity index (χ4n) is 2.79. The van der Waals surface area contributed by atoms with Crippen molar-refractivity contribution in [2.75, 3.05) is 38.1 Å². The third-order valence-corrected chi connectivity index (χ3v) is 5.73. The van der Waals surface area contributed by atoms with Crippen LogP contribution in [0.5, 0.6) is 0 Å². The lowest BCUT2D eigenvalue weighted by atomic mass is 10.2. The molecule has 0 aliphatic carbocycles. The number of hydrogen-bond donors (Lipinski definition) is 1. The summed E-state index contributed by atoms with van der Waals surface area (Å²) in [6.07, 6.45) is 0.865. The van der Waals surface area contributed by atoms with Gasteiger partial charge in [0, 0.05) is 57.7 Å². The molecule has 0 saturated carbocycles. The quantitative estimate of drug-likeness (QED) is 0.584. The molecule has 2 heterocycles. The maximum atomic E-state index is 13.6. The zero-order valence-corrected chi connectivity index (χ0v) is 17.3. The molecule has 2 aromatic rings. The Morgan fingerprint density at radius 1 is 1.35 bits per heavy atom. The second kappa shape index (κ2) is 8.77. The minimum absolute atomic E-state index is 0.253. The van der Waals surface area contributed by atoms with Gasteiger partial charge < -0.3 is 15.1 Å². The molecule has 0 spiro atoms. The van der Waals surface area contributed by atoms with Gasteiger partial charge in [-0.15, -0.1) is 0 Å². The second-order valence-corrected chi connectivity index (χ2v) is 7.55. The van der Waals surface area contributed by atoms with E-state index in [2.05, 4.69) is 52.3 Å². The molecule has 1 aromatic carbocycles. The Kier molecular flexibility index (Phi) is 6.42. The number of nitrogens with zero attached hydrogens (tertiary/aromatic N) is 5. The minimum atomic E-state index is -0.253. The number of anilines is 1. The van der Waals surface area contributed by atoms with Gasteiger partial charge in [-0.3, -0.25) is 4.99 Å². The van der Waals surface area contributed by atoms with Crippen LogP contribution in [0.4, 0.5) is 9.52 Å². The largest absolute Gasteiger partial charge is 0.352 e. The lowest BCUT2D eigenvalue weighted by molar-refractivity contribution is 0.372. The first-order valence-electron chi connectivity index (χ1n) is 8.57. The van der Waals surface area contributed by atoms with E-state index in [-0.39, 0.29) is 5.82 Å². The van der Waals surface area contributed by atoms with Gasteiger partial charge in [0.2, 0.25) is 5.13 Å². The number of guanidine groups is 1. The summed E-state index contributed by atoms with van der Waals surface area (Å²) in [5, 5.41) is 4.32. The van der Waals surface area contributed by atoms with Crippen molar-refractivity contribution in [1.82, 2.24) is 19.6 Å². The van der Waals surface area contributed by atoms with Gasteiger partial charge in [-0.2, -0.15) is 4.37 Å². The van der Waals surface area contributed by atoms with E-state index >= 15 is 0 Å². The van der Waals surface area contributed by atoms with Gasteiger partial charge in [0.25, 0.3) is 0 Å². The Morgan fingerprint density at radius 3 is 2.73 bits per heavy atom. The maximum absolute atomic E-state index is 13.6. The summed E-state index contributed by atoms with van der Waals surface area (Å²) in [6.45, 7) is 6.08. The molecule has 1 saturated heterocycles. The molecular formula is C17H22BrFN6S. The van der Waals surface area contributed by atoms with Crippen LogP contribution in [-0.4, -0.2) is 53.4 Å². The number of benzene rings is 1. The van der Waals surface area contributed by atoms with Crippen LogP contribution in [0.3, 0.4) is 0 Å². The summed E-state index contributed by atoms with van der Waals surface area (Å²) in [6, 6.07) is 5.15. The minimum Gasteiger partial charge on any atom is -0.352 e. The van der Waals surface area contributed by atoms with E-state index in [1.807, 2.05) is 6.07 Å². The Balaban J connectivity index is 1.54. The number of nitrogens with one attached hydrogen (secondary N) is 1. The molecule has 140 valence electrons. The van der Waals surface area contributed by atoms with Gasteiger partial charge in [-0.25, -0.2) is 9.37 Å². The summed E-state index contributed by atoms with van der Waals surface area (Å²) in [4.78, 5) is 13.4. The molecule has 3 rings (SSSR count). The molecule has 1 aromatic heterocycles. The van der Waals surface area contributed by atoms with E-state index in [1.54, 1.807) is 13.1 Å². The molecule has 0 radical (unpaired) electrons. The summed E-state index contributed by atoms with van der Waals surface area (Å²) >= 11 is 4.64. The van der Waals surface area contributed by atoms with E-state index in [4.69, 9.17) is 0 Å². The predicted molar refractivity (Wildman–Crippen MR) is 107 cm³/mol. The van der Waals surface area contributed by atoms with Crippen molar-refractivity contribution in [3.05, 3.63) is 39.9 Å². The number of hydrogen-bond acceptors (Lipinski definition) is 5. The first-order valence-corrected chi connectivity index (χ1v) is 10.1. The van der Waals surface area contributed by atoms with Crippen LogP contribution in [0, 0.1) is 5.82 Å². The molecule has 1 aliphatic rings. The molecular weight excluding hydrogens is 419 g/mol. The number of aliphatic imine (C=N–C) groups is 1. The monoisotopic (exact) mass is 440 g/mol. The summed E-state index contributed by atoms with van der Waals surface area (Å²) in [7, 11) is 1.77. The van der Waals surface area contributed by atoms with Crippen molar-refractivity contribution in [2.45, 2.75) is 19.9 Å².